The number of carbonyl (C=O) groups is 1. The number of piperazine rings is 1. The molecule has 4 heterocycles. The summed E-state index contributed by atoms with van der Waals surface area (Å²) >= 11 is 6.55. The minimum Gasteiger partial charge on any atom is -0.446 e. The van der Waals surface area contributed by atoms with Gasteiger partial charge in [0.05, 0.1) is 34.6 Å². The van der Waals surface area contributed by atoms with E-state index in [1.807, 2.05) is 6.07 Å². The summed E-state index contributed by atoms with van der Waals surface area (Å²) in [7, 11) is 3.66. The molecule has 1 aliphatic carbocycles. The molecule has 3 aliphatic rings. The number of fused-ring (bicyclic) bond motifs is 3. The smallest absolute Gasteiger partial charge is 0.407 e. The van der Waals surface area contributed by atoms with Gasteiger partial charge in [0.15, 0.2) is 5.82 Å². The van der Waals surface area contributed by atoms with Crippen LogP contribution in [0.25, 0.3) is 22.3 Å². The van der Waals surface area contributed by atoms with Crippen molar-refractivity contribution in [2.75, 3.05) is 37.4 Å². The largest absolute Gasteiger partial charge is 0.446 e. The fourth-order valence-corrected chi connectivity index (χ4v) is 6.69. The van der Waals surface area contributed by atoms with Gasteiger partial charge in [-0.3, -0.25) is 4.90 Å². The first-order valence-electron chi connectivity index (χ1n) is 14.2. The lowest BCUT2D eigenvalue weighted by Crippen LogP contribution is -2.45. The van der Waals surface area contributed by atoms with Crippen LogP contribution >= 0.6 is 11.6 Å². The number of aliphatic hydroxyl groups is 1. The van der Waals surface area contributed by atoms with E-state index in [0.29, 0.717) is 53.6 Å². The third-order valence-corrected chi connectivity index (χ3v) is 8.87. The Morgan fingerprint density at radius 3 is 2.68 bits per heavy atom. The van der Waals surface area contributed by atoms with Crippen molar-refractivity contribution in [3.05, 3.63) is 29.2 Å². The summed E-state index contributed by atoms with van der Waals surface area (Å²) < 4.78 is 23.2. The first kappa shape index (κ1) is 27.9. The molecule has 0 spiro atoms. The van der Waals surface area contributed by atoms with E-state index in [9.17, 15) is 9.90 Å². The maximum Gasteiger partial charge on any atom is 0.407 e. The van der Waals surface area contributed by atoms with Gasteiger partial charge in [0.1, 0.15) is 11.6 Å². The Bertz CT molecular complexity index is 1470. The number of alkyl carbamates (subject to hydrolysis) is 1. The highest BCUT2D eigenvalue weighted by molar-refractivity contribution is 6.33. The lowest BCUT2D eigenvalue weighted by atomic mass is 9.90. The van der Waals surface area contributed by atoms with Crippen LogP contribution in [0.1, 0.15) is 45.6 Å². The molecule has 1 amide bonds. The molecule has 2 aromatic heterocycles. The van der Waals surface area contributed by atoms with Gasteiger partial charge in [-0.05, 0) is 52.3 Å². The van der Waals surface area contributed by atoms with Gasteiger partial charge in [0.25, 0.3) is 0 Å². The molecule has 3 N–H and O–H groups in total. The van der Waals surface area contributed by atoms with Crippen LogP contribution in [0.4, 0.5) is 21.1 Å². The number of hydrogen-bond acceptors (Lipinski definition) is 9. The first-order chi connectivity index (χ1) is 19.6. The standard InChI is InChI=1S/C28H36ClFN8O3/c1-14(2)38-22-8-15(7-20(30)25(22)35-27(38)37-13-16-9-17(37)12-36(16)4)24-19(29)11-32-26(34-24)33-21-10-18(5-6-23(21)39)41-28(40)31-3/h7-8,11,14,16-18,21,23,39H,5-6,9-10,12-13H2,1-4H3,(H,31,40)(H,32,33,34)/t16-,17-,18+,21+,23+/m0/s1. The highest BCUT2D eigenvalue weighted by Crippen LogP contribution is 2.39. The van der Waals surface area contributed by atoms with Crippen LogP contribution in [0.15, 0.2) is 18.3 Å². The van der Waals surface area contributed by atoms with Crippen LogP contribution in [0.5, 0.6) is 0 Å². The lowest BCUT2D eigenvalue weighted by molar-refractivity contribution is 0.0272. The molecule has 220 valence electrons. The topological polar surface area (TPSA) is 121 Å². The Labute approximate surface area is 243 Å². The minimum atomic E-state index is -0.671. The molecule has 6 rings (SSSR count). The second-order valence-electron chi connectivity index (χ2n) is 11.6. The maximum absolute atomic E-state index is 15.7. The molecular weight excluding hydrogens is 551 g/mol. The quantitative estimate of drug-likeness (QED) is 0.396. The summed E-state index contributed by atoms with van der Waals surface area (Å²) in [6, 6.07) is 3.76. The van der Waals surface area contributed by atoms with Crippen molar-refractivity contribution in [1.29, 1.82) is 0 Å². The number of likely N-dealkylation sites (N-methyl/N-ethyl adjacent to an activating group) is 1. The Morgan fingerprint density at radius 1 is 1.20 bits per heavy atom. The van der Waals surface area contributed by atoms with Crippen molar-refractivity contribution in [2.24, 2.45) is 0 Å². The van der Waals surface area contributed by atoms with Gasteiger partial charge in [0.2, 0.25) is 11.9 Å². The van der Waals surface area contributed by atoms with Crippen molar-refractivity contribution >= 4 is 40.6 Å². The van der Waals surface area contributed by atoms with E-state index in [1.165, 1.54) is 19.3 Å². The average Bonchev–Trinajstić information content (AvgIpc) is 3.63. The third-order valence-electron chi connectivity index (χ3n) is 8.59. The van der Waals surface area contributed by atoms with E-state index in [2.05, 4.69) is 55.9 Å². The predicted molar refractivity (Wildman–Crippen MR) is 155 cm³/mol. The molecular formula is C28H36ClFN8O3. The normalized spacial score (nSPS) is 26.2. The summed E-state index contributed by atoms with van der Waals surface area (Å²) in [5, 5.41) is 16.5. The summed E-state index contributed by atoms with van der Waals surface area (Å²) in [4.78, 5) is 30.1. The molecule has 3 fully saturated rings. The molecule has 3 aromatic rings. The van der Waals surface area contributed by atoms with E-state index < -0.39 is 24.1 Å². The van der Waals surface area contributed by atoms with Gasteiger partial charge in [0, 0.05) is 50.2 Å². The third kappa shape index (κ3) is 5.17. The average molecular weight is 587 g/mol. The highest BCUT2D eigenvalue weighted by atomic mass is 35.5. The van der Waals surface area contributed by atoms with E-state index in [1.54, 1.807) is 0 Å². The van der Waals surface area contributed by atoms with Gasteiger partial charge in [-0.2, -0.15) is 0 Å². The molecule has 13 heteroatoms. The van der Waals surface area contributed by atoms with Crippen molar-refractivity contribution in [3.8, 4) is 11.3 Å². The molecule has 0 unspecified atom stereocenters. The van der Waals surface area contributed by atoms with Crippen molar-refractivity contribution in [3.63, 3.8) is 0 Å². The molecule has 0 radical (unpaired) electrons. The first-order valence-corrected chi connectivity index (χ1v) is 14.5. The number of anilines is 2. The van der Waals surface area contributed by atoms with Crippen LogP contribution in [0.2, 0.25) is 5.02 Å². The number of benzene rings is 1. The molecule has 11 nitrogen and oxygen atoms in total. The van der Waals surface area contributed by atoms with Gasteiger partial charge >= 0.3 is 6.09 Å². The fraction of sp³-hybridized carbons (Fsp3) is 0.571. The molecule has 41 heavy (non-hydrogen) atoms. The Balaban J connectivity index is 1.32. The van der Waals surface area contributed by atoms with Gasteiger partial charge < -0.3 is 29.9 Å². The number of likely N-dealkylation sites (tertiary alicyclic amines) is 1. The van der Waals surface area contributed by atoms with Crippen LogP contribution in [0, 0.1) is 5.82 Å². The summed E-state index contributed by atoms with van der Waals surface area (Å²) in [6.45, 7) is 6.00. The van der Waals surface area contributed by atoms with E-state index in [0.717, 1.165) is 25.5 Å². The number of imidazole rings is 1. The summed E-state index contributed by atoms with van der Waals surface area (Å²) in [6.07, 6.45) is 2.42. The Kier molecular flexibility index (Phi) is 7.41. The summed E-state index contributed by atoms with van der Waals surface area (Å²) in [5.74, 6) is 0.591. The molecule has 1 aromatic carbocycles. The Hall–Kier alpha value is -3.22. The monoisotopic (exact) mass is 586 g/mol. The number of hydrogen-bond donors (Lipinski definition) is 3. The lowest BCUT2D eigenvalue weighted by Gasteiger charge is -2.33. The zero-order chi connectivity index (χ0) is 29.0. The second-order valence-corrected chi connectivity index (χ2v) is 12.0. The zero-order valence-corrected chi connectivity index (χ0v) is 24.4. The van der Waals surface area contributed by atoms with Gasteiger partial charge in [-0.15, -0.1) is 0 Å². The molecule has 2 bridgehead atoms. The van der Waals surface area contributed by atoms with Crippen LogP contribution in [-0.4, -0.2) is 93.1 Å². The number of aromatic nitrogens is 4. The Morgan fingerprint density at radius 2 is 2.00 bits per heavy atom. The predicted octanol–water partition coefficient (Wildman–Crippen LogP) is 3.81. The summed E-state index contributed by atoms with van der Waals surface area (Å²) in [5.41, 5.74) is 1.88. The number of ether oxygens (including phenoxy) is 1. The molecule has 5 atom stereocenters. The van der Waals surface area contributed by atoms with Crippen LogP contribution in [-0.2, 0) is 4.74 Å². The van der Waals surface area contributed by atoms with E-state index in [-0.39, 0.29) is 23.1 Å². The van der Waals surface area contributed by atoms with E-state index in [4.69, 9.17) is 21.3 Å². The van der Waals surface area contributed by atoms with Crippen molar-refractivity contribution < 1.29 is 19.0 Å². The van der Waals surface area contributed by atoms with Gasteiger partial charge in [-0.25, -0.2) is 24.1 Å². The highest BCUT2D eigenvalue weighted by Gasteiger charge is 2.43. The van der Waals surface area contributed by atoms with E-state index >= 15 is 4.39 Å². The molecule has 1 saturated carbocycles. The van der Waals surface area contributed by atoms with Gasteiger partial charge in [-0.1, -0.05) is 11.6 Å². The number of halogens is 2. The van der Waals surface area contributed by atoms with Crippen LogP contribution in [0.3, 0.4) is 0 Å². The van der Waals surface area contributed by atoms with Crippen LogP contribution < -0.4 is 15.5 Å². The number of aliphatic hydroxyl groups excluding tert-OH is 1. The fourth-order valence-electron chi connectivity index (χ4n) is 6.49. The SMILES string of the molecule is CNC(=O)O[C@@H]1CC[C@@H](O)[C@H](Nc2ncc(Cl)c(-c3cc(F)c4nc(N5C[C@@H]6C[C@H]5CN6C)n(C(C)C)c4c3)n2)C1. The molecule has 2 aliphatic heterocycles. The zero-order valence-electron chi connectivity index (χ0n) is 23.6. The van der Waals surface area contributed by atoms with Crippen molar-refractivity contribution in [1.82, 2.24) is 29.7 Å². The number of nitrogens with one attached hydrogen (secondary N) is 2. The number of nitrogens with zero attached hydrogens (tertiary/aromatic N) is 6. The van der Waals surface area contributed by atoms with Crippen molar-refractivity contribution in [2.45, 2.75) is 75.9 Å². The minimum absolute atomic E-state index is 0.0531. The second kappa shape index (κ2) is 10.9. The maximum atomic E-state index is 15.7. The molecule has 2 saturated heterocycles. The number of carbonyl (C=O) groups excluding carboxylic acids is 1. The number of rotatable bonds is 6. The number of amides is 1.